The Morgan fingerprint density at radius 1 is 1.29 bits per heavy atom. The molecule has 0 saturated heterocycles. The second-order valence-electron chi connectivity index (χ2n) is 6.45. The molecule has 4 nitrogen and oxygen atoms in total. The maximum Gasteiger partial charge on any atom is 0.328 e. The number of Topliss-reactive ketones (excluding diaryl/α,β-unsaturated/α-hetero) is 1. The van der Waals surface area contributed by atoms with Crippen LogP contribution in [0.25, 0.3) is 0 Å². The van der Waals surface area contributed by atoms with Gasteiger partial charge in [0.1, 0.15) is 11.6 Å². The van der Waals surface area contributed by atoms with E-state index in [4.69, 9.17) is 4.74 Å². The van der Waals surface area contributed by atoms with Crippen LogP contribution in [0.2, 0.25) is 0 Å². The van der Waals surface area contributed by atoms with E-state index >= 15 is 0 Å². The van der Waals surface area contributed by atoms with Crippen LogP contribution in [0.15, 0.2) is 24.3 Å². The van der Waals surface area contributed by atoms with Crippen LogP contribution in [0.4, 0.5) is 5.69 Å². The summed E-state index contributed by atoms with van der Waals surface area (Å²) in [5, 5.41) is 0. The molecule has 0 N–H and O–H groups in total. The first kappa shape index (κ1) is 15.5. The number of ketones is 1. The Bertz CT molecular complexity index is 545. The molecule has 21 heavy (non-hydrogen) atoms. The van der Waals surface area contributed by atoms with Crippen molar-refractivity contribution in [3.8, 4) is 0 Å². The third-order valence-corrected chi connectivity index (χ3v) is 3.53. The van der Waals surface area contributed by atoms with Gasteiger partial charge in [0.2, 0.25) is 0 Å². The largest absolute Gasteiger partial charge is 0.458 e. The summed E-state index contributed by atoms with van der Waals surface area (Å²) in [6.45, 7) is 8.09. The lowest BCUT2D eigenvalue weighted by molar-refractivity contribution is -0.156. The number of fused-ring (bicyclic) bond motifs is 1. The number of hydrogen-bond donors (Lipinski definition) is 0. The zero-order valence-corrected chi connectivity index (χ0v) is 13.2. The van der Waals surface area contributed by atoms with Crippen molar-refractivity contribution in [1.29, 1.82) is 0 Å². The predicted octanol–water partition coefficient (Wildman–Crippen LogP) is 3.20. The normalized spacial score (nSPS) is 17.0. The number of rotatable bonds is 2. The minimum Gasteiger partial charge on any atom is -0.458 e. The molecule has 1 aromatic carbocycles. The van der Waals surface area contributed by atoms with Crippen molar-refractivity contribution >= 4 is 17.4 Å². The minimum atomic E-state index is -0.507. The summed E-state index contributed by atoms with van der Waals surface area (Å²) in [6.07, 6.45) is 1.27. The van der Waals surface area contributed by atoms with Gasteiger partial charge in [0.15, 0.2) is 5.78 Å². The quantitative estimate of drug-likeness (QED) is 0.784. The topological polar surface area (TPSA) is 46.6 Å². The van der Waals surface area contributed by atoms with Gasteiger partial charge in [0.25, 0.3) is 0 Å². The van der Waals surface area contributed by atoms with Gasteiger partial charge in [0.05, 0.1) is 0 Å². The summed E-state index contributed by atoms with van der Waals surface area (Å²) >= 11 is 0. The number of hydrogen-bond acceptors (Lipinski definition) is 4. The zero-order chi connectivity index (χ0) is 15.6. The summed E-state index contributed by atoms with van der Waals surface area (Å²) in [5.41, 5.74) is 1.02. The average molecular weight is 289 g/mol. The van der Waals surface area contributed by atoms with Crippen molar-refractivity contribution in [2.45, 2.75) is 52.2 Å². The molecular formula is C17H23NO3. The van der Waals surface area contributed by atoms with Gasteiger partial charge >= 0.3 is 5.97 Å². The van der Waals surface area contributed by atoms with Crippen molar-refractivity contribution in [2.24, 2.45) is 0 Å². The van der Waals surface area contributed by atoms with Gasteiger partial charge in [0, 0.05) is 24.2 Å². The van der Waals surface area contributed by atoms with E-state index in [1.807, 2.05) is 56.9 Å². The number of carbonyl (C=O) groups excluding carboxylic acids is 2. The third-order valence-electron chi connectivity index (χ3n) is 3.53. The van der Waals surface area contributed by atoms with E-state index in [-0.39, 0.29) is 11.8 Å². The molecule has 0 spiro atoms. The molecule has 1 aliphatic heterocycles. The third kappa shape index (κ3) is 3.63. The lowest BCUT2D eigenvalue weighted by Crippen LogP contribution is -2.43. The van der Waals surface area contributed by atoms with Crippen molar-refractivity contribution in [3.05, 3.63) is 29.8 Å². The Balaban J connectivity index is 2.28. The number of para-hydroxylation sites is 1. The van der Waals surface area contributed by atoms with E-state index in [0.29, 0.717) is 18.5 Å². The molecule has 4 heteroatoms. The number of ether oxygens (including phenoxy) is 1. The van der Waals surface area contributed by atoms with Crippen LogP contribution >= 0.6 is 0 Å². The Hall–Kier alpha value is -1.84. The highest BCUT2D eigenvalue weighted by molar-refractivity contribution is 6.02. The van der Waals surface area contributed by atoms with Gasteiger partial charge in [-0.25, -0.2) is 4.79 Å². The molecular weight excluding hydrogens is 266 g/mol. The fourth-order valence-electron chi connectivity index (χ4n) is 2.54. The molecule has 0 aromatic heterocycles. The van der Waals surface area contributed by atoms with Gasteiger partial charge in [-0.05, 0) is 46.2 Å². The van der Waals surface area contributed by atoms with Gasteiger partial charge in [-0.2, -0.15) is 0 Å². The second-order valence-corrected chi connectivity index (χ2v) is 6.45. The van der Waals surface area contributed by atoms with E-state index < -0.39 is 11.6 Å². The minimum absolute atomic E-state index is 0.143. The molecule has 1 atom stereocenters. The van der Waals surface area contributed by atoms with Crippen molar-refractivity contribution in [1.82, 2.24) is 0 Å². The van der Waals surface area contributed by atoms with Gasteiger partial charge < -0.3 is 9.64 Å². The van der Waals surface area contributed by atoms with Crippen LogP contribution in [0.1, 0.15) is 50.9 Å². The number of nitrogens with zero attached hydrogens (tertiary/aromatic N) is 1. The average Bonchev–Trinajstić information content (AvgIpc) is 2.56. The number of anilines is 1. The molecule has 0 saturated carbocycles. The molecule has 0 fully saturated rings. The van der Waals surface area contributed by atoms with E-state index in [1.54, 1.807) is 0 Å². The second kappa shape index (κ2) is 5.88. The van der Waals surface area contributed by atoms with Crippen LogP contribution in [0.3, 0.4) is 0 Å². The standard InChI is InChI=1S/C17H23NO3/c1-12(16(20)21-17(2,3)4)18-11-7-10-15(19)13-8-5-6-9-14(13)18/h5-6,8-9,12H,7,10-11H2,1-4H3. The monoisotopic (exact) mass is 289 g/mol. The van der Waals surface area contributed by atoms with E-state index in [1.165, 1.54) is 0 Å². The van der Waals surface area contributed by atoms with Crippen LogP contribution in [0.5, 0.6) is 0 Å². The van der Waals surface area contributed by atoms with Gasteiger partial charge in [-0.15, -0.1) is 0 Å². The first-order chi connectivity index (χ1) is 9.79. The van der Waals surface area contributed by atoms with Crippen molar-refractivity contribution < 1.29 is 14.3 Å². The lowest BCUT2D eigenvalue weighted by Gasteiger charge is -2.32. The lowest BCUT2D eigenvalue weighted by atomic mass is 10.1. The van der Waals surface area contributed by atoms with E-state index in [0.717, 1.165) is 12.1 Å². The predicted molar refractivity (Wildman–Crippen MR) is 82.7 cm³/mol. The first-order valence-electron chi connectivity index (χ1n) is 7.41. The Morgan fingerprint density at radius 2 is 1.95 bits per heavy atom. The molecule has 1 heterocycles. The first-order valence-corrected chi connectivity index (χ1v) is 7.41. The molecule has 0 amide bonds. The van der Waals surface area contributed by atoms with Crippen LogP contribution in [-0.2, 0) is 9.53 Å². The molecule has 0 aliphatic carbocycles. The maximum absolute atomic E-state index is 12.3. The molecule has 2 rings (SSSR count). The highest BCUT2D eigenvalue weighted by Gasteiger charge is 2.30. The molecule has 0 bridgehead atoms. The summed E-state index contributed by atoms with van der Waals surface area (Å²) in [6, 6.07) is 7.08. The van der Waals surface area contributed by atoms with E-state index in [9.17, 15) is 9.59 Å². The molecule has 1 unspecified atom stereocenters. The number of carbonyl (C=O) groups is 2. The SMILES string of the molecule is CC(C(=O)OC(C)(C)C)N1CCCC(=O)c2ccccc21. The molecule has 114 valence electrons. The fraction of sp³-hybridized carbons (Fsp3) is 0.529. The summed E-state index contributed by atoms with van der Waals surface area (Å²) in [7, 11) is 0. The molecule has 1 aliphatic rings. The smallest absolute Gasteiger partial charge is 0.328 e. The van der Waals surface area contributed by atoms with Gasteiger partial charge in [-0.3, -0.25) is 4.79 Å². The van der Waals surface area contributed by atoms with Crippen LogP contribution in [-0.4, -0.2) is 29.9 Å². The van der Waals surface area contributed by atoms with E-state index in [2.05, 4.69) is 0 Å². The van der Waals surface area contributed by atoms with Crippen molar-refractivity contribution in [2.75, 3.05) is 11.4 Å². The highest BCUT2D eigenvalue weighted by atomic mass is 16.6. The van der Waals surface area contributed by atoms with Gasteiger partial charge in [-0.1, -0.05) is 12.1 Å². The maximum atomic E-state index is 12.3. The Morgan fingerprint density at radius 3 is 2.62 bits per heavy atom. The number of esters is 1. The highest BCUT2D eigenvalue weighted by Crippen LogP contribution is 2.28. The van der Waals surface area contributed by atoms with Crippen LogP contribution in [0, 0.1) is 0 Å². The van der Waals surface area contributed by atoms with Crippen LogP contribution < -0.4 is 4.90 Å². The fourth-order valence-corrected chi connectivity index (χ4v) is 2.54. The molecule has 0 radical (unpaired) electrons. The molecule has 1 aromatic rings. The Labute approximate surface area is 126 Å². The number of benzene rings is 1. The van der Waals surface area contributed by atoms with Crippen molar-refractivity contribution in [3.63, 3.8) is 0 Å². The summed E-state index contributed by atoms with van der Waals surface area (Å²) < 4.78 is 5.47. The summed E-state index contributed by atoms with van der Waals surface area (Å²) in [5.74, 6) is -0.115. The Kier molecular flexibility index (Phi) is 4.35. The summed E-state index contributed by atoms with van der Waals surface area (Å²) in [4.78, 5) is 26.4. The zero-order valence-electron chi connectivity index (χ0n) is 13.2.